The minimum Gasteiger partial charge on any atom is -0.392 e. The summed E-state index contributed by atoms with van der Waals surface area (Å²) < 4.78 is 13.4. The molecule has 2 heterocycles. The summed E-state index contributed by atoms with van der Waals surface area (Å²) in [6.07, 6.45) is 1.52. The molecule has 0 radical (unpaired) electrons. The number of benzene rings is 1. The van der Waals surface area contributed by atoms with Crippen LogP contribution in [0.5, 0.6) is 0 Å². The van der Waals surface area contributed by atoms with Crippen LogP contribution in [0, 0.1) is 5.82 Å². The predicted octanol–water partition coefficient (Wildman–Crippen LogP) is 1.55. The second-order valence-electron chi connectivity index (χ2n) is 4.12. The Bertz CT molecular complexity index is 807. The Hall–Kier alpha value is -2.47. The monoisotopic (exact) mass is 259 g/mol. The van der Waals surface area contributed by atoms with Gasteiger partial charge in [-0.1, -0.05) is 6.07 Å². The Balaban J connectivity index is 2.35. The van der Waals surface area contributed by atoms with Crippen molar-refractivity contribution in [3.63, 3.8) is 0 Å². The lowest BCUT2D eigenvalue weighted by molar-refractivity contribution is 0.282. The van der Waals surface area contributed by atoms with Crippen molar-refractivity contribution in [3.05, 3.63) is 52.3 Å². The zero-order valence-electron chi connectivity index (χ0n) is 9.77. The number of aromatic nitrogens is 3. The number of halogens is 1. The fraction of sp³-hybridized carbons (Fsp3) is 0.0769. The van der Waals surface area contributed by atoms with Gasteiger partial charge < -0.3 is 10.1 Å². The molecular formula is C13H10FN3O2. The van der Waals surface area contributed by atoms with E-state index in [2.05, 4.69) is 15.0 Å². The van der Waals surface area contributed by atoms with Gasteiger partial charge in [0.05, 0.1) is 12.1 Å². The fourth-order valence-corrected chi connectivity index (χ4v) is 2.10. The first-order valence-electron chi connectivity index (χ1n) is 5.65. The van der Waals surface area contributed by atoms with E-state index in [1.54, 1.807) is 6.07 Å². The Morgan fingerprint density at radius 1 is 1.21 bits per heavy atom. The number of pyridine rings is 1. The van der Waals surface area contributed by atoms with E-state index in [1.807, 2.05) is 0 Å². The maximum atomic E-state index is 13.4. The van der Waals surface area contributed by atoms with Crippen molar-refractivity contribution in [1.29, 1.82) is 0 Å². The Morgan fingerprint density at radius 2 is 2.05 bits per heavy atom. The van der Waals surface area contributed by atoms with Crippen LogP contribution in [-0.4, -0.2) is 20.1 Å². The molecule has 0 atom stereocenters. The molecule has 1 aromatic carbocycles. The third kappa shape index (κ3) is 1.92. The number of aromatic amines is 2. The van der Waals surface area contributed by atoms with E-state index in [1.165, 1.54) is 24.4 Å². The zero-order chi connectivity index (χ0) is 13.4. The minimum atomic E-state index is -0.407. The number of hydrogen-bond acceptors (Lipinski definition) is 3. The summed E-state index contributed by atoms with van der Waals surface area (Å²) in [7, 11) is 0. The molecule has 3 aromatic rings. The summed E-state index contributed by atoms with van der Waals surface area (Å²) in [5, 5.41) is 9.33. The van der Waals surface area contributed by atoms with Crippen molar-refractivity contribution >= 4 is 11.2 Å². The van der Waals surface area contributed by atoms with Gasteiger partial charge in [-0.25, -0.2) is 14.2 Å². The van der Waals surface area contributed by atoms with Crippen LogP contribution >= 0.6 is 0 Å². The summed E-state index contributed by atoms with van der Waals surface area (Å²) in [6, 6.07) is 5.79. The number of aliphatic hydroxyl groups is 1. The summed E-state index contributed by atoms with van der Waals surface area (Å²) >= 11 is 0. The average molecular weight is 259 g/mol. The Kier molecular flexibility index (Phi) is 2.64. The molecule has 0 aliphatic rings. The van der Waals surface area contributed by atoms with Crippen LogP contribution in [0.4, 0.5) is 4.39 Å². The van der Waals surface area contributed by atoms with Crippen molar-refractivity contribution in [2.75, 3.05) is 0 Å². The lowest BCUT2D eigenvalue weighted by Crippen LogP contribution is -1.99. The summed E-state index contributed by atoms with van der Waals surface area (Å²) in [6.45, 7) is -0.214. The molecule has 0 aliphatic heterocycles. The van der Waals surface area contributed by atoms with Gasteiger partial charge in [0.1, 0.15) is 5.82 Å². The molecule has 0 spiro atoms. The highest BCUT2D eigenvalue weighted by Gasteiger charge is 2.12. The summed E-state index contributed by atoms with van der Waals surface area (Å²) in [5.41, 5.74) is 2.24. The largest absolute Gasteiger partial charge is 0.392 e. The van der Waals surface area contributed by atoms with Gasteiger partial charge in [0, 0.05) is 11.8 Å². The standard InChI is InChI=1S/C13H10FN3O2/c14-8-2-1-7(6-18)10(5-8)9-3-4-15-12-11(9)16-13(19)17-12/h1-5,18H,6H2,(H2,15,16,17,19). The molecule has 0 bridgehead atoms. The van der Waals surface area contributed by atoms with Crippen LogP contribution < -0.4 is 5.69 Å². The zero-order valence-corrected chi connectivity index (χ0v) is 9.77. The number of hydrogen-bond donors (Lipinski definition) is 3. The van der Waals surface area contributed by atoms with E-state index in [0.29, 0.717) is 27.9 Å². The highest BCUT2D eigenvalue weighted by atomic mass is 19.1. The van der Waals surface area contributed by atoms with E-state index in [4.69, 9.17) is 0 Å². The molecule has 5 nitrogen and oxygen atoms in total. The minimum absolute atomic E-state index is 0.214. The van der Waals surface area contributed by atoms with E-state index in [9.17, 15) is 14.3 Å². The lowest BCUT2D eigenvalue weighted by Gasteiger charge is -2.08. The van der Waals surface area contributed by atoms with E-state index in [-0.39, 0.29) is 12.3 Å². The van der Waals surface area contributed by atoms with Gasteiger partial charge in [0.15, 0.2) is 5.65 Å². The molecule has 0 saturated heterocycles. The van der Waals surface area contributed by atoms with Gasteiger partial charge in [0.2, 0.25) is 0 Å². The SMILES string of the molecule is O=c1[nH]c2nccc(-c3cc(F)ccc3CO)c2[nH]1. The first-order chi connectivity index (χ1) is 9.19. The van der Waals surface area contributed by atoms with Crippen molar-refractivity contribution in [2.24, 2.45) is 0 Å². The van der Waals surface area contributed by atoms with Gasteiger partial charge in [-0.15, -0.1) is 0 Å². The molecule has 0 fully saturated rings. The van der Waals surface area contributed by atoms with Crippen LogP contribution in [0.2, 0.25) is 0 Å². The van der Waals surface area contributed by atoms with Crippen LogP contribution in [0.1, 0.15) is 5.56 Å². The van der Waals surface area contributed by atoms with Crippen molar-refractivity contribution < 1.29 is 9.50 Å². The molecular weight excluding hydrogens is 249 g/mol. The molecule has 19 heavy (non-hydrogen) atoms. The van der Waals surface area contributed by atoms with Gasteiger partial charge in [-0.3, -0.25) is 4.98 Å². The van der Waals surface area contributed by atoms with E-state index in [0.717, 1.165) is 0 Å². The maximum absolute atomic E-state index is 13.4. The molecule has 6 heteroatoms. The number of nitrogens with zero attached hydrogens (tertiary/aromatic N) is 1. The van der Waals surface area contributed by atoms with Crippen LogP contribution in [0.15, 0.2) is 35.3 Å². The topological polar surface area (TPSA) is 81.8 Å². The molecule has 3 rings (SSSR count). The lowest BCUT2D eigenvalue weighted by atomic mass is 10.00. The van der Waals surface area contributed by atoms with Gasteiger partial charge in [-0.05, 0) is 29.3 Å². The molecule has 0 saturated carbocycles. The first kappa shape index (κ1) is 11.6. The van der Waals surface area contributed by atoms with Gasteiger partial charge >= 0.3 is 5.69 Å². The maximum Gasteiger partial charge on any atom is 0.325 e. The number of rotatable bonds is 2. The molecule has 0 amide bonds. The van der Waals surface area contributed by atoms with E-state index >= 15 is 0 Å². The number of aliphatic hydroxyl groups excluding tert-OH is 1. The van der Waals surface area contributed by atoms with Crippen LogP contribution in [0.25, 0.3) is 22.3 Å². The molecule has 2 aromatic heterocycles. The van der Waals surface area contributed by atoms with Crippen molar-refractivity contribution in [2.45, 2.75) is 6.61 Å². The number of H-pyrrole nitrogens is 2. The van der Waals surface area contributed by atoms with E-state index < -0.39 is 5.82 Å². The first-order valence-corrected chi connectivity index (χ1v) is 5.65. The average Bonchev–Trinajstić information content (AvgIpc) is 2.78. The van der Waals surface area contributed by atoms with Crippen molar-refractivity contribution in [1.82, 2.24) is 15.0 Å². The molecule has 96 valence electrons. The van der Waals surface area contributed by atoms with Gasteiger partial charge in [0.25, 0.3) is 0 Å². The molecule has 0 unspecified atom stereocenters. The molecule has 0 aliphatic carbocycles. The predicted molar refractivity (Wildman–Crippen MR) is 68.0 cm³/mol. The summed E-state index contributed by atoms with van der Waals surface area (Å²) in [5.74, 6) is -0.407. The van der Waals surface area contributed by atoms with Crippen LogP contribution in [-0.2, 0) is 6.61 Å². The van der Waals surface area contributed by atoms with Gasteiger partial charge in [-0.2, -0.15) is 0 Å². The third-order valence-electron chi connectivity index (χ3n) is 2.95. The third-order valence-corrected chi connectivity index (χ3v) is 2.95. The highest BCUT2D eigenvalue weighted by molar-refractivity contribution is 5.90. The second kappa shape index (κ2) is 4.33. The number of nitrogens with one attached hydrogen (secondary N) is 2. The number of fused-ring (bicyclic) bond motifs is 1. The Morgan fingerprint density at radius 3 is 2.84 bits per heavy atom. The van der Waals surface area contributed by atoms with Crippen molar-refractivity contribution in [3.8, 4) is 11.1 Å². The Labute approximate surface area is 106 Å². The number of imidazole rings is 1. The fourth-order valence-electron chi connectivity index (χ4n) is 2.10. The summed E-state index contributed by atoms with van der Waals surface area (Å²) in [4.78, 5) is 20.5. The van der Waals surface area contributed by atoms with Crippen LogP contribution in [0.3, 0.4) is 0 Å². The second-order valence-corrected chi connectivity index (χ2v) is 4.12. The normalized spacial score (nSPS) is 11.1. The quantitative estimate of drug-likeness (QED) is 0.653. The highest BCUT2D eigenvalue weighted by Crippen LogP contribution is 2.28. The molecule has 3 N–H and O–H groups in total. The smallest absolute Gasteiger partial charge is 0.325 e.